The fourth-order valence-electron chi connectivity index (χ4n) is 1.42. The topological polar surface area (TPSA) is 56.0 Å². The molecular formula is C12H10BrFN2O2. The molecule has 0 aliphatic heterocycles. The van der Waals surface area contributed by atoms with Crippen LogP contribution < -0.4 is 0 Å². The highest BCUT2D eigenvalue weighted by Crippen LogP contribution is 2.26. The van der Waals surface area contributed by atoms with E-state index in [1.165, 1.54) is 19.1 Å². The number of aromatic nitrogens is 2. The number of aryl methyl sites for hydroxylation is 1. The van der Waals surface area contributed by atoms with Crippen LogP contribution in [0.2, 0.25) is 0 Å². The first kappa shape index (κ1) is 12.9. The molecule has 4 nitrogen and oxygen atoms in total. The molecule has 0 amide bonds. The highest BCUT2D eigenvalue weighted by atomic mass is 79.9. The van der Waals surface area contributed by atoms with Gasteiger partial charge in [0.15, 0.2) is 0 Å². The molecule has 1 aromatic heterocycles. The Morgan fingerprint density at radius 3 is 2.94 bits per heavy atom. The van der Waals surface area contributed by atoms with E-state index in [-0.39, 0.29) is 11.6 Å². The standard InChI is InChI=1S/C12H10BrFN2O2/c1-7(17)2-5-11-15-12(16-18-11)9-4-3-8(14)6-10(9)13/h3-4,6H,2,5H2,1H3. The van der Waals surface area contributed by atoms with Crippen molar-refractivity contribution in [3.63, 3.8) is 0 Å². The van der Waals surface area contributed by atoms with Crippen LogP contribution in [0.5, 0.6) is 0 Å². The summed E-state index contributed by atoms with van der Waals surface area (Å²) in [5.41, 5.74) is 0.647. The van der Waals surface area contributed by atoms with Crippen LogP contribution in [-0.2, 0) is 11.2 Å². The van der Waals surface area contributed by atoms with Crippen molar-refractivity contribution in [2.45, 2.75) is 19.8 Å². The summed E-state index contributed by atoms with van der Waals surface area (Å²) in [4.78, 5) is 15.0. The number of benzene rings is 1. The second kappa shape index (κ2) is 5.39. The van der Waals surface area contributed by atoms with Crippen LogP contribution in [-0.4, -0.2) is 15.9 Å². The molecule has 18 heavy (non-hydrogen) atoms. The molecule has 1 aromatic carbocycles. The van der Waals surface area contributed by atoms with Crippen molar-refractivity contribution in [2.24, 2.45) is 0 Å². The number of ketones is 1. The van der Waals surface area contributed by atoms with Gasteiger partial charge < -0.3 is 9.32 Å². The summed E-state index contributed by atoms with van der Waals surface area (Å²) in [6.07, 6.45) is 0.785. The van der Waals surface area contributed by atoms with Crippen LogP contribution in [0, 0.1) is 5.82 Å². The van der Waals surface area contributed by atoms with E-state index in [9.17, 15) is 9.18 Å². The number of nitrogens with zero attached hydrogens (tertiary/aromatic N) is 2. The summed E-state index contributed by atoms with van der Waals surface area (Å²) in [5.74, 6) is 0.500. The SMILES string of the molecule is CC(=O)CCc1nc(-c2ccc(F)cc2Br)no1. The summed E-state index contributed by atoms with van der Waals surface area (Å²) in [5, 5.41) is 3.81. The average molecular weight is 313 g/mol. The van der Waals surface area contributed by atoms with Crippen molar-refractivity contribution in [1.29, 1.82) is 0 Å². The molecule has 0 spiro atoms. The van der Waals surface area contributed by atoms with Crippen LogP contribution >= 0.6 is 15.9 Å². The number of hydrogen-bond acceptors (Lipinski definition) is 4. The summed E-state index contributed by atoms with van der Waals surface area (Å²) in [6.45, 7) is 1.51. The van der Waals surface area contributed by atoms with E-state index in [1.807, 2.05) is 0 Å². The Morgan fingerprint density at radius 1 is 1.50 bits per heavy atom. The molecule has 0 aliphatic carbocycles. The molecule has 1 heterocycles. The van der Waals surface area contributed by atoms with Gasteiger partial charge in [-0.2, -0.15) is 4.98 Å². The number of Topliss-reactive ketones (excluding diaryl/α,β-unsaturated/α-hetero) is 1. The molecule has 94 valence electrons. The quantitative estimate of drug-likeness (QED) is 0.870. The van der Waals surface area contributed by atoms with Gasteiger partial charge in [0.25, 0.3) is 0 Å². The smallest absolute Gasteiger partial charge is 0.227 e. The Kier molecular flexibility index (Phi) is 3.86. The van der Waals surface area contributed by atoms with Crippen molar-refractivity contribution in [1.82, 2.24) is 10.1 Å². The second-order valence-corrected chi connectivity index (χ2v) is 4.69. The highest BCUT2D eigenvalue weighted by molar-refractivity contribution is 9.10. The van der Waals surface area contributed by atoms with Crippen molar-refractivity contribution < 1.29 is 13.7 Å². The molecule has 0 radical (unpaired) electrons. The van der Waals surface area contributed by atoms with Crippen molar-refractivity contribution in [2.75, 3.05) is 0 Å². The van der Waals surface area contributed by atoms with Gasteiger partial charge in [-0.25, -0.2) is 4.39 Å². The van der Waals surface area contributed by atoms with Gasteiger partial charge in [0.2, 0.25) is 11.7 Å². The Morgan fingerprint density at radius 2 is 2.28 bits per heavy atom. The summed E-state index contributed by atoms with van der Waals surface area (Å²) >= 11 is 3.24. The Hall–Kier alpha value is -1.56. The fourth-order valence-corrected chi connectivity index (χ4v) is 1.95. The van der Waals surface area contributed by atoms with E-state index in [0.29, 0.717) is 34.6 Å². The van der Waals surface area contributed by atoms with Gasteiger partial charge in [-0.1, -0.05) is 5.16 Å². The summed E-state index contributed by atoms with van der Waals surface area (Å²) in [7, 11) is 0. The van der Waals surface area contributed by atoms with Gasteiger partial charge in [-0.15, -0.1) is 0 Å². The Bertz CT molecular complexity index is 583. The van der Waals surface area contributed by atoms with E-state index in [1.54, 1.807) is 6.07 Å². The number of rotatable bonds is 4. The van der Waals surface area contributed by atoms with Gasteiger partial charge in [0.05, 0.1) is 0 Å². The van der Waals surface area contributed by atoms with Crippen molar-refractivity contribution >= 4 is 21.7 Å². The molecule has 0 aliphatic rings. The minimum atomic E-state index is -0.342. The van der Waals surface area contributed by atoms with Crippen molar-refractivity contribution in [3.8, 4) is 11.4 Å². The van der Waals surface area contributed by atoms with Gasteiger partial charge in [-0.3, -0.25) is 0 Å². The average Bonchev–Trinajstić information content (AvgIpc) is 2.75. The van der Waals surface area contributed by atoms with Crippen LogP contribution in [0.3, 0.4) is 0 Å². The van der Waals surface area contributed by atoms with Gasteiger partial charge >= 0.3 is 0 Å². The predicted molar refractivity (Wildman–Crippen MR) is 66.4 cm³/mol. The first-order valence-corrected chi connectivity index (χ1v) is 6.13. The summed E-state index contributed by atoms with van der Waals surface area (Å²) in [6, 6.07) is 4.23. The van der Waals surface area contributed by atoms with Crippen LogP contribution in [0.25, 0.3) is 11.4 Å². The van der Waals surface area contributed by atoms with E-state index in [4.69, 9.17) is 4.52 Å². The molecule has 0 saturated heterocycles. The maximum Gasteiger partial charge on any atom is 0.227 e. The van der Waals surface area contributed by atoms with Crippen molar-refractivity contribution in [3.05, 3.63) is 34.4 Å². The maximum atomic E-state index is 12.9. The molecule has 2 rings (SSSR count). The minimum Gasteiger partial charge on any atom is -0.339 e. The minimum absolute atomic E-state index is 0.0673. The molecule has 0 saturated carbocycles. The zero-order valence-electron chi connectivity index (χ0n) is 9.61. The number of halogens is 2. The monoisotopic (exact) mass is 312 g/mol. The molecule has 2 aromatic rings. The fraction of sp³-hybridized carbons (Fsp3) is 0.250. The van der Waals surface area contributed by atoms with Crippen LogP contribution in [0.15, 0.2) is 27.2 Å². The van der Waals surface area contributed by atoms with Crippen LogP contribution in [0.1, 0.15) is 19.2 Å². The third-order valence-electron chi connectivity index (χ3n) is 2.33. The normalized spacial score (nSPS) is 10.6. The van der Waals surface area contributed by atoms with Crippen LogP contribution in [0.4, 0.5) is 4.39 Å². The molecule has 6 heteroatoms. The Balaban J connectivity index is 2.21. The lowest BCUT2D eigenvalue weighted by atomic mass is 10.2. The maximum absolute atomic E-state index is 12.9. The third-order valence-corrected chi connectivity index (χ3v) is 2.99. The lowest BCUT2D eigenvalue weighted by Crippen LogP contribution is -1.94. The number of carbonyl (C=O) groups is 1. The third kappa shape index (κ3) is 3.01. The van der Waals surface area contributed by atoms with Gasteiger partial charge in [0, 0.05) is 22.9 Å². The first-order valence-electron chi connectivity index (χ1n) is 5.33. The van der Waals surface area contributed by atoms with E-state index in [2.05, 4.69) is 26.1 Å². The highest BCUT2D eigenvalue weighted by Gasteiger charge is 2.12. The number of hydrogen-bond donors (Lipinski definition) is 0. The predicted octanol–water partition coefficient (Wildman–Crippen LogP) is 3.16. The number of carbonyl (C=O) groups excluding carboxylic acids is 1. The molecule has 0 bridgehead atoms. The largest absolute Gasteiger partial charge is 0.339 e. The second-order valence-electron chi connectivity index (χ2n) is 3.84. The van der Waals surface area contributed by atoms with E-state index >= 15 is 0 Å². The molecule has 0 N–H and O–H groups in total. The molecule has 0 atom stereocenters. The van der Waals surface area contributed by atoms with Gasteiger partial charge in [0.1, 0.15) is 11.6 Å². The zero-order valence-corrected chi connectivity index (χ0v) is 11.2. The van der Waals surface area contributed by atoms with E-state index in [0.717, 1.165) is 0 Å². The van der Waals surface area contributed by atoms with Gasteiger partial charge in [-0.05, 0) is 41.1 Å². The summed E-state index contributed by atoms with van der Waals surface area (Å²) < 4.78 is 18.5. The molecular weight excluding hydrogens is 303 g/mol. The molecule has 0 unspecified atom stereocenters. The first-order chi connectivity index (χ1) is 8.56. The lowest BCUT2D eigenvalue weighted by molar-refractivity contribution is -0.117. The van der Waals surface area contributed by atoms with E-state index < -0.39 is 0 Å². The molecule has 0 fully saturated rings. The lowest BCUT2D eigenvalue weighted by Gasteiger charge is -1.98. The zero-order chi connectivity index (χ0) is 13.1. The Labute approximate surface area is 111 Å².